The van der Waals surface area contributed by atoms with Crippen LogP contribution in [0.4, 0.5) is 0 Å². The van der Waals surface area contributed by atoms with Crippen LogP contribution in [0.1, 0.15) is 39.3 Å². The normalized spacial score (nSPS) is 14.6. The second-order valence-corrected chi connectivity index (χ2v) is 5.62. The lowest BCUT2D eigenvalue weighted by Gasteiger charge is -2.22. The van der Waals surface area contributed by atoms with Crippen molar-refractivity contribution in [3.8, 4) is 0 Å². The first-order chi connectivity index (χ1) is 8.17. The summed E-state index contributed by atoms with van der Waals surface area (Å²) < 4.78 is 0. The molecule has 1 aromatic rings. The lowest BCUT2D eigenvalue weighted by molar-refractivity contribution is 0.493. The van der Waals surface area contributed by atoms with Crippen molar-refractivity contribution in [1.29, 1.82) is 0 Å². The van der Waals surface area contributed by atoms with Gasteiger partial charge in [0.25, 0.3) is 0 Å². The smallest absolute Gasteiger partial charge is 0.188 e. The van der Waals surface area contributed by atoms with Gasteiger partial charge in [-0.3, -0.25) is 0 Å². The van der Waals surface area contributed by atoms with E-state index in [4.69, 9.17) is 0 Å². The lowest BCUT2D eigenvalue weighted by atomic mass is 10.1. The predicted octanol–water partition coefficient (Wildman–Crippen LogP) is 3.04. The zero-order valence-corrected chi connectivity index (χ0v) is 12.0. The highest BCUT2D eigenvalue weighted by atomic mass is 32.2. The summed E-state index contributed by atoms with van der Waals surface area (Å²) in [4.78, 5) is 8.73. The second kappa shape index (κ2) is 7.67. The molecule has 0 saturated carbocycles. The zero-order chi connectivity index (χ0) is 12.7. The molecule has 2 atom stereocenters. The Labute approximate surface area is 109 Å². The van der Waals surface area contributed by atoms with E-state index < -0.39 is 0 Å². The van der Waals surface area contributed by atoms with Crippen LogP contribution in [-0.2, 0) is 0 Å². The summed E-state index contributed by atoms with van der Waals surface area (Å²) >= 11 is 1.76. The minimum Gasteiger partial charge on any atom is -0.313 e. The van der Waals surface area contributed by atoms with Crippen LogP contribution < -0.4 is 5.32 Å². The molecule has 0 fully saturated rings. The van der Waals surface area contributed by atoms with Crippen molar-refractivity contribution in [2.75, 3.05) is 6.54 Å². The van der Waals surface area contributed by atoms with Crippen LogP contribution in [0.15, 0.2) is 17.4 Å². The van der Waals surface area contributed by atoms with Crippen molar-refractivity contribution in [3.05, 3.63) is 18.0 Å². The fraction of sp³-hybridized carbons (Fsp3) is 0.692. The molecule has 2 unspecified atom stereocenters. The van der Waals surface area contributed by atoms with Crippen LogP contribution in [-0.4, -0.2) is 27.8 Å². The molecule has 0 spiro atoms. The van der Waals surface area contributed by atoms with Crippen molar-refractivity contribution in [3.63, 3.8) is 0 Å². The van der Waals surface area contributed by atoms with E-state index in [1.807, 2.05) is 19.2 Å². The molecule has 0 radical (unpaired) electrons. The molecule has 4 heteroatoms. The maximum Gasteiger partial charge on any atom is 0.188 e. The molecule has 0 saturated heterocycles. The third-order valence-corrected chi connectivity index (χ3v) is 3.83. The van der Waals surface area contributed by atoms with Crippen LogP contribution in [0.25, 0.3) is 0 Å². The average molecular weight is 253 g/mol. The Morgan fingerprint density at radius 1 is 1.41 bits per heavy atom. The molecule has 96 valence electrons. The minimum atomic E-state index is 0.494. The molecule has 17 heavy (non-hydrogen) atoms. The van der Waals surface area contributed by atoms with Gasteiger partial charge in [-0.15, -0.1) is 0 Å². The Balaban J connectivity index is 2.54. The van der Waals surface area contributed by atoms with Crippen LogP contribution >= 0.6 is 11.8 Å². The largest absolute Gasteiger partial charge is 0.313 e. The quantitative estimate of drug-likeness (QED) is 0.599. The van der Waals surface area contributed by atoms with Gasteiger partial charge in [-0.2, -0.15) is 0 Å². The van der Waals surface area contributed by atoms with Gasteiger partial charge in [0.1, 0.15) is 0 Å². The number of nitrogens with zero attached hydrogens (tertiary/aromatic N) is 2. The first-order valence-corrected chi connectivity index (χ1v) is 7.25. The van der Waals surface area contributed by atoms with Crippen molar-refractivity contribution in [2.45, 2.75) is 57.0 Å². The van der Waals surface area contributed by atoms with E-state index >= 15 is 0 Å². The van der Waals surface area contributed by atoms with E-state index in [2.05, 4.69) is 36.1 Å². The van der Waals surface area contributed by atoms with Gasteiger partial charge in [-0.05, 0) is 32.4 Å². The molecular weight excluding hydrogens is 230 g/mol. The summed E-state index contributed by atoms with van der Waals surface area (Å²) in [6, 6.07) is 2.46. The van der Waals surface area contributed by atoms with Gasteiger partial charge in [0.05, 0.1) is 0 Å². The Morgan fingerprint density at radius 3 is 2.76 bits per heavy atom. The van der Waals surface area contributed by atoms with E-state index in [0.717, 1.165) is 23.8 Å². The first kappa shape index (κ1) is 14.5. The van der Waals surface area contributed by atoms with E-state index in [-0.39, 0.29) is 0 Å². The highest BCUT2D eigenvalue weighted by Gasteiger charge is 2.16. The third-order valence-electron chi connectivity index (χ3n) is 2.73. The summed E-state index contributed by atoms with van der Waals surface area (Å²) in [5.74, 6) is 0. The van der Waals surface area contributed by atoms with Gasteiger partial charge in [-0.25, -0.2) is 9.97 Å². The number of hydrogen-bond donors (Lipinski definition) is 1. The first-order valence-electron chi connectivity index (χ1n) is 6.37. The van der Waals surface area contributed by atoms with Crippen LogP contribution in [0.2, 0.25) is 0 Å². The highest BCUT2D eigenvalue weighted by molar-refractivity contribution is 7.99. The Bertz CT molecular complexity index is 330. The van der Waals surface area contributed by atoms with Gasteiger partial charge in [0.2, 0.25) is 0 Å². The molecule has 0 aliphatic heterocycles. The van der Waals surface area contributed by atoms with Crippen molar-refractivity contribution < 1.29 is 0 Å². The van der Waals surface area contributed by atoms with Crippen molar-refractivity contribution in [2.24, 2.45) is 0 Å². The number of nitrogens with one attached hydrogen (secondary N) is 1. The number of aryl methyl sites for hydroxylation is 1. The molecule has 1 N–H and O–H groups in total. The Hall–Kier alpha value is -0.610. The van der Waals surface area contributed by atoms with Crippen LogP contribution in [0.3, 0.4) is 0 Å². The van der Waals surface area contributed by atoms with Crippen LogP contribution in [0.5, 0.6) is 0 Å². The minimum absolute atomic E-state index is 0.494. The summed E-state index contributed by atoms with van der Waals surface area (Å²) in [7, 11) is 0. The van der Waals surface area contributed by atoms with E-state index in [1.165, 1.54) is 6.42 Å². The molecule has 0 bridgehead atoms. The molecule has 0 aromatic carbocycles. The summed E-state index contributed by atoms with van der Waals surface area (Å²) in [6.45, 7) is 9.75. The topological polar surface area (TPSA) is 37.8 Å². The maximum atomic E-state index is 4.43. The number of rotatable bonds is 7. The zero-order valence-electron chi connectivity index (χ0n) is 11.2. The lowest BCUT2D eigenvalue weighted by Crippen LogP contribution is -2.36. The highest BCUT2D eigenvalue weighted by Crippen LogP contribution is 2.22. The summed E-state index contributed by atoms with van der Waals surface area (Å²) in [6.07, 6.45) is 4.15. The van der Waals surface area contributed by atoms with Crippen molar-refractivity contribution >= 4 is 11.8 Å². The molecule has 0 amide bonds. The molecule has 3 nitrogen and oxygen atoms in total. The molecule has 0 aliphatic carbocycles. The van der Waals surface area contributed by atoms with Gasteiger partial charge in [0, 0.05) is 23.2 Å². The Morgan fingerprint density at radius 2 is 2.18 bits per heavy atom. The fourth-order valence-electron chi connectivity index (χ4n) is 1.70. The van der Waals surface area contributed by atoms with Crippen LogP contribution in [0, 0.1) is 6.92 Å². The van der Waals surface area contributed by atoms with Crippen molar-refractivity contribution in [1.82, 2.24) is 15.3 Å². The van der Waals surface area contributed by atoms with E-state index in [0.29, 0.717) is 11.3 Å². The maximum absolute atomic E-state index is 4.43. The monoisotopic (exact) mass is 253 g/mol. The van der Waals surface area contributed by atoms with Gasteiger partial charge in [-0.1, -0.05) is 32.5 Å². The molecular formula is C13H23N3S. The summed E-state index contributed by atoms with van der Waals surface area (Å²) in [5, 5.41) is 4.95. The van der Waals surface area contributed by atoms with Gasteiger partial charge < -0.3 is 5.32 Å². The number of aromatic nitrogens is 2. The average Bonchev–Trinajstić information content (AvgIpc) is 2.30. The number of thioether (sulfide) groups is 1. The van der Waals surface area contributed by atoms with Gasteiger partial charge >= 0.3 is 0 Å². The molecule has 0 aliphatic rings. The molecule has 1 rings (SSSR count). The third kappa shape index (κ3) is 5.04. The fourth-order valence-corrected chi connectivity index (χ4v) is 2.81. The van der Waals surface area contributed by atoms with E-state index in [1.54, 1.807) is 11.8 Å². The standard InChI is InChI=1S/C13H23N3S/c1-5-8-14-12(6-2)11(4)17-13-15-9-7-10(3)16-13/h7,9,11-12,14H,5-6,8H2,1-4H3. The Kier molecular flexibility index (Phi) is 6.52. The SMILES string of the molecule is CCCNC(CC)C(C)Sc1nccc(C)n1. The molecule has 1 aromatic heterocycles. The van der Waals surface area contributed by atoms with E-state index in [9.17, 15) is 0 Å². The predicted molar refractivity (Wildman–Crippen MR) is 74.5 cm³/mol. The van der Waals surface area contributed by atoms with Gasteiger partial charge in [0.15, 0.2) is 5.16 Å². The molecule has 1 heterocycles. The number of hydrogen-bond acceptors (Lipinski definition) is 4. The summed E-state index contributed by atoms with van der Waals surface area (Å²) in [5.41, 5.74) is 1.03. The second-order valence-electron chi connectivity index (χ2n) is 4.27.